The lowest BCUT2D eigenvalue weighted by molar-refractivity contribution is -0.131. The Hall–Kier alpha value is -4.58. The second-order valence-corrected chi connectivity index (χ2v) is 12.6. The fourth-order valence-corrected chi connectivity index (χ4v) is 8.27. The third kappa shape index (κ3) is 4.37. The van der Waals surface area contributed by atoms with Crippen LogP contribution in [0.5, 0.6) is 5.75 Å². The first-order chi connectivity index (χ1) is 22.2. The van der Waals surface area contributed by atoms with Gasteiger partial charge >= 0.3 is 7.12 Å². The summed E-state index contributed by atoms with van der Waals surface area (Å²) in [6.07, 6.45) is 2.43. The average Bonchev–Trinajstić information content (AvgIpc) is 3.43. The smallest absolute Gasteiger partial charge is 0.488 e. The molecular formula is C35H33BN2O8. The third-order valence-corrected chi connectivity index (χ3v) is 10.3. The van der Waals surface area contributed by atoms with Gasteiger partial charge in [-0.05, 0) is 61.5 Å². The molecule has 2 aliphatic heterocycles. The van der Waals surface area contributed by atoms with Crippen molar-refractivity contribution in [3.8, 4) is 5.75 Å². The van der Waals surface area contributed by atoms with Crippen molar-refractivity contribution in [1.82, 2.24) is 0 Å². The van der Waals surface area contributed by atoms with Crippen LogP contribution in [0.15, 0.2) is 90.5 Å². The lowest BCUT2D eigenvalue weighted by atomic mass is 9.51. The molecule has 2 aliphatic carbocycles. The van der Waals surface area contributed by atoms with Crippen molar-refractivity contribution in [3.63, 3.8) is 0 Å². The van der Waals surface area contributed by atoms with E-state index in [0.717, 1.165) is 10.5 Å². The van der Waals surface area contributed by atoms with Crippen LogP contribution in [-0.4, -0.2) is 59.1 Å². The summed E-state index contributed by atoms with van der Waals surface area (Å²) < 4.78 is 5.96. The van der Waals surface area contributed by atoms with Crippen molar-refractivity contribution in [2.24, 2.45) is 29.1 Å². The molecule has 3 fully saturated rings. The molecule has 3 aromatic carbocycles. The maximum Gasteiger partial charge on any atom is 0.488 e. The van der Waals surface area contributed by atoms with Gasteiger partial charge in [0.2, 0.25) is 23.6 Å². The Morgan fingerprint density at radius 3 is 2.30 bits per heavy atom. The highest BCUT2D eigenvalue weighted by Crippen LogP contribution is 2.64. The summed E-state index contributed by atoms with van der Waals surface area (Å²) in [4.78, 5) is 59.4. The van der Waals surface area contributed by atoms with Crippen LogP contribution in [0, 0.1) is 29.1 Å². The average molecular weight is 620 g/mol. The third-order valence-electron chi connectivity index (χ3n) is 10.3. The zero-order chi connectivity index (χ0) is 32.3. The first kappa shape index (κ1) is 30.1. The molecule has 4 amide bonds. The molecule has 0 spiro atoms. The molecule has 4 aliphatic rings. The number of hydrogen-bond acceptors (Lipinski definition) is 8. The fourth-order valence-electron chi connectivity index (χ4n) is 8.27. The van der Waals surface area contributed by atoms with E-state index in [0.29, 0.717) is 17.0 Å². The molecule has 234 valence electrons. The van der Waals surface area contributed by atoms with E-state index in [9.17, 15) is 34.3 Å². The van der Waals surface area contributed by atoms with Gasteiger partial charge in [0.25, 0.3) is 0 Å². The molecule has 3 aromatic rings. The van der Waals surface area contributed by atoms with Gasteiger partial charge in [-0.25, -0.2) is 4.90 Å². The highest BCUT2D eigenvalue weighted by atomic mass is 16.5. The minimum Gasteiger partial charge on any atom is -0.491 e. The van der Waals surface area contributed by atoms with Gasteiger partial charge in [-0.1, -0.05) is 60.2 Å². The SMILES string of the molecule is C[C@@]12C(=O)N(c3ccccc3)C(=O)[C@@H]1C[C@@H]1C(=CC[C@@H]3C(=O)N(c4cccc(B(O)O)c4)C(=O)[C@@H]31)[C@@H]2c1ccccc1OCCO. The predicted molar refractivity (Wildman–Crippen MR) is 169 cm³/mol. The van der Waals surface area contributed by atoms with Crippen molar-refractivity contribution < 1.29 is 39.1 Å². The van der Waals surface area contributed by atoms with Gasteiger partial charge in [-0.3, -0.25) is 24.1 Å². The number of imide groups is 2. The molecule has 0 bridgehead atoms. The van der Waals surface area contributed by atoms with E-state index < -0.39 is 48.0 Å². The molecule has 6 atom stereocenters. The number of carbonyl (C=O) groups is 4. The van der Waals surface area contributed by atoms with E-state index in [-0.39, 0.29) is 54.9 Å². The van der Waals surface area contributed by atoms with Crippen molar-refractivity contribution in [2.75, 3.05) is 23.0 Å². The number of amides is 4. The van der Waals surface area contributed by atoms with Gasteiger partial charge in [0.1, 0.15) is 12.4 Å². The molecule has 11 heteroatoms. The Bertz CT molecular complexity index is 1780. The van der Waals surface area contributed by atoms with Crippen LogP contribution in [0.25, 0.3) is 0 Å². The number of para-hydroxylation sites is 2. The monoisotopic (exact) mass is 620 g/mol. The number of ether oxygens (including phenoxy) is 1. The summed E-state index contributed by atoms with van der Waals surface area (Å²) >= 11 is 0. The minimum absolute atomic E-state index is 0.0314. The van der Waals surface area contributed by atoms with Crippen LogP contribution in [0.1, 0.15) is 31.2 Å². The van der Waals surface area contributed by atoms with Gasteiger partial charge in [0.05, 0.1) is 41.2 Å². The standard InChI is InChI=1S/C35H33BN2O8/c1-35-27(32(41)38(34(35)43)21-9-3-2-4-10-21)19-26-23(30(35)24-12-5-6-13-28(24)46-17-16-39)14-15-25-29(26)33(42)37(31(25)40)22-11-7-8-20(18-22)36(44)45/h2-14,18,25-27,29-30,39,44-45H,15-17,19H2,1H3/t25-,26+,27-,29-,30+,35+/m0/s1. The number of benzene rings is 3. The van der Waals surface area contributed by atoms with E-state index >= 15 is 0 Å². The maximum absolute atomic E-state index is 14.6. The number of aliphatic hydroxyl groups is 1. The number of carbonyl (C=O) groups excluding carboxylic acids is 4. The molecule has 10 nitrogen and oxygen atoms in total. The summed E-state index contributed by atoms with van der Waals surface area (Å²) in [5.41, 5.74) is 1.13. The molecule has 2 heterocycles. The number of fused-ring (bicyclic) bond motifs is 4. The van der Waals surface area contributed by atoms with Crippen LogP contribution in [-0.2, 0) is 19.2 Å². The van der Waals surface area contributed by atoms with Gasteiger partial charge in [-0.15, -0.1) is 0 Å². The molecule has 46 heavy (non-hydrogen) atoms. The Kier molecular flexibility index (Phi) is 7.42. The Morgan fingerprint density at radius 2 is 1.57 bits per heavy atom. The first-order valence-corrected chi connectivity index (χ1v) is 15.5. The maximum atomic E-state index is 14.6. The molecule has 7 rings (SSSR count). The quantitative estimate of drug-likeness (QED) is 0.207. The number of anilines is 2. The normalized spacial score (nSPS) is 28.5. The van der Waals surface area contributed by atoms with Crippen LogP contribution in [0.2, 0.25) is 0 Å². The molecule has 0 radical (unpaired) electrons. The zero-order valence-corrected chi connectivity index (χ0v) is 25.2. The van der Waals surface area contributed by atoms with Crippen molar-refractivity contribution in [2.45, 2.75) is 25.7 Å². The van der Waals surface area contributed by atoms with Gasteiger partial charge in [0, 0.05) is 11.5 Å². The summed E-state index contributed by atoms with van der Waals surface area (Å²) in [6.45, 7) is 1.63. The molecular weight excluding hydrogens is 587 g/mol. The van der Waals surface area contributed by atoms with Crippen LogP contribution in [0.3, 0.4) is 0 Å². The molecule has 0 aromatic heterocycles. The number of nitrogens with zero attached hydrogens (tertiary/aromatic N) is 2. The number of rotatable bonds is 7. The van der Waals surface area contributed by atoms with Crippen molar-refractivity contribution in [1.29, 1.82) is 0 Å². The second-order valence-electron chi connectivity index (χ2n) is 12.6. The molecule has 1 saturated carbocycles. The molecule has 2 saturated heterocycles. The lowest BCUT2D eigenvalue weighted by Crippen LogP contribution is -2.49. The van der Waals surface area contributed by atoms with E-state index in [1.165, 1.54) is 17.0 Å². The molecule has 0 unspecified atom stereocenters. The topological polar surface area (TPSA) is 145 Å². The second kappa shape index (κ2) is 11.3. The minimum atomic E-state index is -1.77. The van der Waals surface area contributed by atoms with Crippen LogP contribution in [0.4, 0.5) is 11.4 Å². The summed E-state index contributed by atoms with van der Waals surface area (Å²) in [5, 5.41) is 29.0. The fraction of sp³-hybridized carbons (Fsp3) is 0.314. The number of allylic oxidation sites excluding steroid dienone is 2. The van der Waals surface area contributed by atoms with Crippen LogP contribution >= 0.6 is 0 Å². The number of aliphatic hydroxyl groups excluding tert-OH is 1. The van der Waals surface area contributed by atoms with Crippen molar-refractivity contribution in [3.05, 3.63) is 96.1 Å². The Balaban J connectivity index is 1.36. The summed E-state index contributed by atoms with van der Waals surface area (Å²) in [6, 6.07) is 22.1. The van der Waals surface area contributed by atoms with Gasteiger partial charge < -0.3 is 19.9 Å². The van der Waals surface area contributed by atoms with Gasteiger partial charge in [-0.2, -0.15) is 0 Å². The Labute approximate surface area is 266 Å². The number of hydrogen-bond donors (Lipinski definition) is 3. The lowest BCUT2D eigenvalue weighted by Gasteiger charge is -2.49. The van der Waals surface area contributed by atoms with Crippen LogP contribution < -0.4 is 20.0 Å². The van der Waals surface area contributed by atoms with E-state index in [1.807, 2.05) is 31.2 Å². The van der Waals surface area contributed by atoms with E-state index in [1.54, 1.807) is 48.5 Å². The zero-order valence-electron chi connectivity index (χ0n) is 25.2. The first-order valence-electron chi connectivity index (χ1n) is 15.5. The summed E-state index contributed by atoms with van der Waals surface area (Å²) in [5.74, 6) is -4.43. The summed E-state index contributed by atoms with van der Waals surface area (Å²) in [7, 11) is -1.77. The highest BCUT2D eigenvalue weighted by Gasteiger charge is 2.68. The largest absolute Gasteiger partial charge is 0.491 e. The molecule has 3 N–H and O–H groups in total. The predicted octanol–water partition coefficient (Wildman–Crippen LogP) is 2.17. The van der Waals surface area contributed by atoms with E-state index in [4.69, 9.17) is 4.74 Å². The Morgan fingerprint density at radius 1 is 0.848 bits per heavy atom. The van der Waals surface area contributed by atoms with E-state index in [2.05, 4.69) is 0 Å². The van der Waals surface area contributed by atoms with Gasteiger partial charge in [0.15, 0.2) is 0 Å². The highest BCUT2D eigenvalue weighted by molar-refractivity contribution is 6.58. The van der Waals surface area contributed by atoms with Crippen molar-refractivity contribution >= 4 is 47.6 Å².